The van der Waals surface area contributed by atoms with E-state index in [1.165, 1.54) is 0 Å². The fraction of sp³-hybridized carbons (Fsp3) is 0.333. The SMILES string of the molecule is CC(C)Cn1cnc2c(N(C)c3cccnc3)nc(Cl)nc21. The van der Waals surface area contributed by atoms with Gasteiger partial charge in [0.2, 0.25) is 5.28 Å². The van der Waals surface area contributed by atoms with Crippen LogP contribution in [0.5, 0.6) is 0 Å². The number of halogens is 1. The number of aromatic nitrogens is 5. The van der Waals surface area contributed by atoms with Crippen LogP contribution in [0.2, 0.25) is 5.28 Å². The zero-order valence-corrected chi connectivity index (χ0v) is 13.5. The van der Waals surface area contributed by atoms with Crippen LogP contribution in [-0.2, 0) is 6.54 Å². The maximum Gasteiger partial charge on any atom is 0.226 e. The predicted molar refractivity (Wildman–Crippen MR) is 87.5 cm³/mol. The molecule has 7 heteroatoms. The van der Waals surface area contributed by atoms with Crippen molar-refractivity contribution in [2.24, 2.45) is 5.92 Å². The summed E-state index contributed by atoms with van der Waals surface area (Å²) < 4.78 is 2.01. The lowest BCUT2D eigenvalue weighted by molar-refractivity contribution is 0.530. The molecule has 6 nitrogen and oxygen atoms in total. The molecule has 0 aliphatic carbocycles. The number of pyridine rings is 1. The van der Waals surface area contributed by atoms with E-state index in [4.69, 9.17) is 11.6 Å². The summed E-state index contributed by atoms with van der Waals surface area (Å²) in [6.45, 7) is 5.13. The van der Waals surface area contributed by atoms with Crippen LogP contribution in [-0.4, -0.2) is 31.6 Å². The van der Waals surface area contributed by atoms with Crippen LogP contribution in [0, 0.1) is 5.92 Å². The molecule has 0 amide bonds. The first-order valence-electron chi connectivity index (χ1n) is 7.08. The highest BCUT2D eigenvalue weighted by atomic mass is 35.5. The van der Waals surface area contributed by atoms with Crippen molar-refractivity contribution >= 4 is 34.3 Å². The number of hydrogen-bond donors (Lipinski definition) is 0. The normalized spacial score (nSPS) is 11.3. The molecule has 0 aliphatic rings. The smallest absolute Gasteiger partial charge is 0.226 e. The van der Waals surface area contributed by atoms with Crippen LogP contribution >= 0.6 is 11.6 Å². The largest absolute Gasteiger partial charge is 0.326 e. The van der Waals surface area contributed by atoms with E-state index in [0.29, 0.717) is 11.7 Å². The third-order valence-corrected chi connectivity index (χ3v) is 3.50. The first-order valence-corrected chi connectivity index (χ1v) is 7.46. The van der Waals surface area contributed by atoms with Gasteiger partial charge in [-0.05, 0) is 29.7 Å². The van der Waals surface area contributed by atoms with Crippen LogP contribution in [0.3, 0.4) is 0 Å². The fourth-order valence-corrected chi connectivity index (χ4v) is 2.50. The Hall–Kier alpha value is -2.21. The van der Waals surface area contributed by atoms with Gasteiger partial charge in [0.25, 0.3) is 0 Å². The number of rotatable bonds is 4. The van der Waals surface area contributed by atoms with Gasteiger partial charge in [0, 0.05) is 19.8 Å². The zero-order chi connectivity index (χ0) is 15.7. The minimum Gasteiger partial charge on any atom is -0.326 e. The molecule has 3 rings (SSSR count). The third kappa shape index (κ3) is 2.74. The van der Waals surface area contributed by atoms with Crippen LogP contribution in [0.15, 0.2) is 30.9 Å². The molecular formula is C15H17ClN6. The number of nitrogens with zero attached hydrogens (tertiary/aromatic N) is 6. The monoisotopic (exact) mass is 316 g/mol. The summed E-state index contributed by atoms with van der Waals surface area (Å²) in [4.78, 5) is 19.2. The summed E-state index contributed by atoms with van der Waals surface area (Å²) >= 11 is 6.12. The molecule has 0 bridgehead atoms. The van der Waals surface area contributed by atoms with Gasteiger partial charge in [-0.25, -0.2) is 4.98 Å². The van der Waals surface area contributed by atoms with Crippen molar-refractivity contribution < 1.29 is 0 Å². The van der Waals surface area contributed by atoms with E-state index in [2.05, 4.69) is 33.8 Å². The minimum absolute atomic E-state index is 0.212. The van der Waals surface area contributed by atoms with Gasteiger partial charge in [-0.15, -0.1) is 0 Å². The molecule has 0 aromatic carbocycles. The molecular weight excluding hydrogens is 300 g/mol. The summed E-state index contributed by atoms with van der Waals surface area (Å²) in [7, 11) is 1.91. The summed E-state index contributed by atoms with van der Waals surface area (Å²) in [5.41, 5.74) is 2.40. The number of anilines is 2. The Morgan fingerprint density at radius 2 is 2.14 bits per heavy atom. The number of imidazole rings is 1. The van der Waals surface area contributed by atoms with Crippen molar-refractivity contribution in [2.75, 3.05) is 11.9 Å². The Balaban J connectivity index is 2.12. The molecule has 0 radical (unpaired) electrons. The lowest BCUT2D eigenvalue weighted by atomic mass is 10.2. The van der Waals surface area contributed by atoms with Crippen molar-refractivity contribution in [1.82, 2.24) is 24.5 Å². The summed E-state index contributed by atoms with van der Waals surface area (Å²) in [5, 5.41) is 0.212. The van der Waals surface area contributed by atoms with Crippen molar-refractivity contribution in [3.63, 3.8) is 0 Å². The maximum absolute atomic E-state index is 6.12. The van der Waals surface area contributed by atoms with Gasteiger partial charge in [0.1, 0.15) is 0 Å². The Labute approximate surface area is 133 Å². The molecule has 0 N–H and O–H groups in total. The second-order valence-electron chi connectivity index (χ2n) is 5.55. The maximum atomic E-state index is 6.12. The minimum atomic E-state index is 0.212. The zero-order valence-electron chi connectivity index (χ0n) is 12.7. The average Bonchev–Trinajstić information content (AvgIpc) is 2.89. The van der Waals surface area contributed by atoms with Crippen molar-refractivity contribution in [3.8, 4) is 0 Å². The highest BCUT2D eigenvalue weighted by Gasteiger charge is 2.17. The van der Waals surface area contributed by atoms with E-state index in [-0.39, 0.29) is 5.28 Å². The average molecular weight is 317 g/mol. The Morgan fingerprint density at radius 1 is 1.32 bits per heavy atom. The Kier molecular flexibility index (Phi) is 3.94. The molecule has 0 fully saturated rings. The molecule has 0 atom stereocenters. The molecule has 0 spiro atoms. The molecule has 3 aromatic heterocycles. The molecule has 22 heavy (non-hydrogen) atoms. The van der Waals surface area contributed by atoms with Crippen LogP contribution < -0.4 is 4.90 Å². The second kappa shape index (κ2) is 5.88. The molecule has 0 aliphatic heterocycles. The molecule has 3 aromatic rings. The van der Waals surface area contributed by atoms with Gasteiger partial charge in [0.15, 0.2) is 17.0 Å². The van der Waals surface area contributed by atoms with E-state index in [1.807, 2.05) is 28.6 Å². The first kappa shape index (κ1) is 14.7. The van der Waals surface area contributed by atoms with E-state index < -0.39 is 0 Å². The molecule has 3 heterocycles. The van der Waals surface area contributed by atoms with Gasteiger partial charge >= 0.3 is 0 Å². The highest BCUT2D eigenvalue weighted by molar-refractivity contribution is 6.28. The summed E-state index contributed by atoms with van der Waals surface area (Å²) in [6, 6.07) is 3.84. The van der Waals surface area contributed by atoms with E-state index in [0.717, 1.165) is 23.4 Å². The Bertz CT molecular complexity index is 783. The molecule has 0 unspecified atom stereocenters. The van der Waals surface area contributed by atoms with E-state index in [9.17, 15) is 0 Å². The first-order chi connectivity index (χ1) is 10.6. The van der Waals surface area contributed by atoms with Crippen LogP contribution in [0.1, 0.15) is 13.8 Å². The second-order valence-corrected chi connectivity index (χ2v) is 5.89. The van der Waals surface area contributed by atoms with Gasteiger partial charge in [0.05, 0.1) is 18.2 Å². The lowest BCUT2D eigenvalue weighted by Crippen LogP contribution is -2.13. The van der Waals surface area contributed by atoms with Crippen molar-refractivity contribution in [1.29, 1.82) is 0 Å². The van der Waals surface area contributed by atoms with Crippen LogP contribution in [0.25, 0.3) is 11.2 Å². The highest BCUT2D eigenvalue weighted by Crippen LogP contribution is 2.28. The molecule has 0 saturated carbocycles. The lowest BCUT2D eigenvalue weighted by Gasteiger charge is -2.18. The van der Waals surface area contributed by atoms with Gasteiger partial charge in [-0.1, -0.05) is 13.8 Å². The van der Waals surface area contributed by atoms with Gasteiger partial charge < -0.3 is 9.47 Å². The number of hydrogen-bond acceptors (Lipinski definition) is 5. The van der Waals surface area contributed by atoms with Crippen LogP contribution in [0.4, 0.5) is 11.5 Å². The van der Waals surface area contributed by atoms with Gasteiger partial charge in [-0.3, -0.25) is 4.98 Å². The molecule has 114 valence electrons. The quantitative estimate of drug-likeness (QED) is 0.691. The van der Waals surface area contributed by atoms with Crippen molar-refractivity contribution in [3.05, 3.63) is 36.1 Å². The predicted octanol–water partition coefficient (Wildman–Crippen LogP) is 3.30. The number of fused-ring (bicyclic) bond motifs is 1. The Morgan fingerprint density at radius 3 is 2.82 bits per heavy atom. The van der Waals surface area contributed by atoms with Crippen molar-refractivity contribution in [2.45, 2.75) is 20.4 Å². The topological polar surface area (TPSA) is 59.7 Å². The summed E-state index contributed by atoms with van der Waals surface area (Å²) in [6.07, 6.45) is 5.29. The standard InChI is InChI=1S/C15H17ClN6/c1-10(2)8-22-9-18-12-13(19-15(16)20-14(12)22)21(3)11-5-4-6-17-7-11/h4-7,9-10H,8H2,1-3H3. The van der Waals surface area contributed by atoms with E-state index in [1.54, 1.807) is 18.7 Å². The summed E-state index contributed by atoms with van der Waals surface area (Å²) in [5.74, 6) is 1.16. The van der Waals surface area contributed by atoms with E-state index >= 15 is 0 Å². The van der Waals surface area contributed by atoms with Gasteiger partial charge in [-0.2, -0.15) is 9.97 Å². The third-order valence-electron chi connectivity index (χ3n) is 3.33. The molecule has 0 saturated heterocycles. The fourth-order valence-electron chi connectivity index (χ4n) is 2.34.